The Labute approximate surface area is 147 Å². The Kier molecular flexibility index (Phi) is 4.21. The van der Waals surface area contributed by atoms with E-state index in [1.165, 1.54) is 11.1 Å². The third-order valence-electron chi connectivity index (χ3n) is 5.23. The van der Waals surface area contributed by atoms with Crippen molar-refractivity contribution in [1.82, 2.24) is 15.1 Å². The van der Waals surface area contributed by atoms with Crippen molar-refractivity contribution in [1.29, 1.82) is 0 Å². The molecule has 1 fully saturated rings. The highest BCUT2D eigenvalue weighted by Crippen LogP contribution is 2.40. The van der Waals surface area contributed by atoms with Crippen molar-refractivity contribution in [2.45, 2.75) is 31.8 Å². The van der Waals surface area contributed by atoms with Crippen LogP contribution in [-0.2, 0) is 21.6 Å². The van der Waals surface area contributed by atoms with Gasteiger partial charge in [-0.15, -0.1) is 0 Å². The summed E-state index contributed by atoms with van der Waals surface area (Å²) in [6, 6.07) is 7.74. The molecular formula is C19H23N3O3. The monoisotopic (exact) mass is 341 g/mol. The van der Waals surface area contributed by atoms with Gasteiger partial charge in [-0.3, -0.25) is 9.89 Å². The number of likely N-dealkylation sites (tertiary alicyclic amines) is 1. The second-order valence-corrected chi connectivity index (χ2v) is 6.85. The smallest absolute Gasteiger partial charge is 0.260 e. The lowest BCUT2D eigenvalue weighted by Crippen LogP contribution is -2.49. The molecule has 1 aromatic heterocycles. The average Bonchev–Trinajstić information content (AvgIpc) is 3.12. The van der Waals surface area contributed by atoms with Gasteiger partial charge in [0.15, 0.2) is 6.61 Å². The zero-order valence-corrected chi connectivity index (χ0v) is 14.5. The first-order valence-corrected chi connectivity index (χ1v) is 8.80. The predicted octanol–water partition coefficient (Wildman–Crippen LogP) is 2.19. The Morgan fingerprint density at radius 2 is 2.08 bits per heavy atom. The number of fused-ring (bicyclic) bond motifs is 2. The quantitative estimate of drug-likeness (QED) is 0.929. The van der Waals surface area contributed by atoms with Crippen LogP contribution in [0.15, 0.2) is 30.5 Å². The van der Waals surface area contributed by atoms with Gasteiger partial charge in [-0.1, -0.05) is 17.7 Å². The first-order valence-electron chi connectivity index (χ1n) is 8.80. The molecule has 6 heteroatoms. The molecule has 2 aromatic rings. The van der Waals surface area contributed by atoms with Crippen molar-refractivity contribution in [3.8, 4) is 5.75 Å². The normalized spacial score (nSPS) is 18.8. The number of aromatic nitrogens is 2. The lowest BCUT2D eigenvalue weighted by atomic mass is 9.84. The van der Waals surface area contributed by atoms with Crippen LogP contribution in [0, 0.1) is 6.92 Å². The number of aromatic amines is 1. The number of carbonyl (C=O) groups is 1. The molecule has 1 spiro atoms. The summed E-state index contributed by atoms with van der Waals surface area (Å²) in [6.45, 7) is 4.17. The molecule has 2 aliphatic rings. The number of nitrogens with zero attached hydrogens (tertiary/aromatic N) is 2. The molecule has 1 N–H and O–H groups in total. The lowest BCUT2D eigenvalue weighted by Gasteiger charge is -2.43. The first kappa shape index (κ1) is 16.1. The topological polar surface area (TPSA) is 67.4 Å². The van der Waals surface area contributed by atoms with Gasteiger partial charge in [-0.05, 0) is 43.9 Å². The number of benzene rings is 1. The highest BCUT2D eigenvalue weighted by Gasteiger charge is 2.43. The van der Waals surface area contributed by atoms with Crippen LogP contribution < -0.4 is 4.74 Å². The van der Waals surface area contributed by atoms with Gasteiger partial charge in [-0.25, -0.2) is 0 Å². The Bertz CT molecular complexity index is 746. The number of rotatable bonds is 3. The van der Waals surface area contributed by atoms with Gasteiger partial charge in [0.05, 0.1) is 18.5 Å². The summed E-state index contributed by atoms with van der Waals surface area (Å²) in [5.41, 5.74) is 3.21. The van der Waals surface area contributed by atoms with E-state index in [0.29, 0.717) is 13.1 Å². The molecular weight excluding hydrogens is 318 g/mol. The van der Waals surface area contributed by atoms with Crippen molar-refractivity contribution in [3.05, 3.63) is 47.3 Å². The van der Waals surface area contributed by atoms with E-state index in [1.807, 2.05) is 42.3 Å². The largest absolute Gasteiger partial charge is 0.484 e. The van der Waals surface area contributed by atoms with E-state index in [2.05, 4.69) is 10.2 Å². The Morgan fingerprint density at radius 1 is 1.32 bits per heavy atom. The maximum Gasteiger partial charge on any atom is 0.260 e. The van der Waals surface area contributed by atoms with Gasteiger partial charge < -0.3 is 14.4 Å². The summed E-state index contributed by atoms with van der Waals surface area (Å²) in [6.07, 6.45) is 4.38. The summed E-state index contributed by atoms with van der Waals surface area (Å²) in [5, 5.41) is 7.28. The van der Waals surface area contributed by atoms with E-state index in [1.54, 1.807) is 0 Å². The molecule has 0 radical (unpaired) electrons. The van der Waals surface area contributed by atoms with Crippen molar-refractivity contribution in [2.24, 2.45) is 0 Å². The molecule has 0 atom stereocenters. The fraction of sp³-hybridized carbons (Fsp3) is 0.474. The van der Waals surface area contributed by atoms with Crippen LogP contribution in [0.1, 0.15) is 29.7 Å². The average molecular weight is 341 g/mol. The van der Waals surface area contributed by atoms with E-state index in [-0.39, 0.29) is 18.1 Å². The number of piperidine rings is 1. The van der Waals surface area contributed by atoms with E-state index in [4.69, 9.17) is 9.47 Å². The molecule has 0 saturated carbocycles. The minimum Gasteiger partial charge on any atom is -0.484 e. The van der Waals surface area contributed by atoms with E-state index >= 15 is 0 Å². The third kappa shape index (κ3) is 3.14. The van der Waals surface area contributed by atoms with Gasteiger partial charge in [0, 0.05) is 13.1 Å². The van der Waals surface area contributed by atoms with Crippen LogP contribution >= 0.6 is 0 Å². The van der Waals surface area contributed by atoms with E-state index in [9.17, 15) is 4.79 Å². The van der Waals surface area contributed by atoms with Gasteiger partial charge in [0.2, 0.25) is 0 Å². The SMILES string of the molecule is Cc1ccc(OCC(=O)N2CCC3(CC2)OCCc2cn[nH]c23)cc1. The summed E-state index contributed by atoms with van der Waals surface area (Å²) >= 11 is 0. The number of H-pyrrole nitrogens is 1. The van der Waals surface area contributed by atoms with Crippen LogP contribution in [0.5, 0.6) is 5.75 Å². The van der Waals surface area contributed by atoms with Crippen LogP contribution in [-0.4, -0.2) is 47.3 Å². The van der Waals surface area contributed by atoms with Crippen molar-refractivity contribution in [3.63, 3.8) is 0 Å². The minimum absolute atomic E-state index is 0.0241. The van der Waals surface area contributed by atoms with Crippen molar-refractivity contribution in [2.75, 3.05) is 26.3 Å². The fourth-order valence-corrected chi connectivity index (χ4v) is 3.71. The second-order valence-electron chi connectivity index (χ2n) is 6.85. The molecule has 132 valence electrons. The van der Waals surface area contributed by atoms with E-state index < -0.39 is 0 Å². The molecule has 4 rings (SSSR count). The van der Waals surface area contributed by atoms with Gasteiger partial charge in [0.25, 0.3) is 5.91 Å². The van der Waals surface area contributed by atoms with Gasteiger partial charge >= 0.3 is 0 Å². The van der Waals surface area contributed by atoms with E-state index in [0.717, 1.165) is 37.3 Å². The number of nitrogens with one attached hydrogen (secondary N) is 1. The summed E-state index contributed by atoms with van der Waals surface area (Å²) in [5.74, 6) is 0.751. The molecule has 1 amide bonds. The zero-order valence-electron chi connectivity index (χ0n) is 14.5. The number of aryl methyl sites for hydroxylation is 1. The second kappa shape index (κ2) is 6.52. The number of hydrogen-bond donors (Lipinski definition) is 1. The molecule has 1 saturated heterocycles. The zero-order chi connectivity index (χ0) is 17.3. The summed E-state index contributed by atoms with van der Waals surface area (Å²) in [4.78, 5) is 14.3. The van der Waals surface area contributed by atoms with Crippen molar-refractivity contribution < 1.29 is 14.3 Å². The van der Waals surface area contributed by atoms with Crippen LogP contribution in [0.3, 0.4) is 0 Å². The number of carbonyl (C=O) groups excluding carboxylic acids is 1. The molecule has 1 aromatic carbocycles. The third-order valence-corrected chi connectivity index (χ3v) is 5.23. The molecule has 0 aliphatic carbocycles. The fourth-order valence-electron chi connectivity index (χ4n) is 3.71. The molecule has 6 nitrogen and oxygen atoms in total. The summed E-state index contributed by atoms with van der Waals surface area (Å²) in [7, 11) is 0. The van der Waals surface area contributed by atoms with Crippen LogP contribution in [0.4, 0.5) is 0 Å². The van der Waals surface area contributed by atoms with Crippen LogP contribution in [0.2, 0.25) is 0 Å². The molecule has 0 bridgehead atoms. The maximum atomic E-state index is 12.4. The Balaban J connectivity index is 1.34. The summed E-state index contributed by atoms with van der Waals surface area (Å²) < 4.78 is 11.7. The van der Waals surface area contributed by atoms with Crippen LogP contribution in [0.25, 0.3) is 0 Å². The number of ether oxygens (including phenoxy) is 2. The number of hydrogen-bond acceptors (Lipinski definition) is 4. The molecule has 3 heterocycles. The highest BCUT2D eigenvalue weighted by molar-refractivity contribution is 5.77. The Morgan fingerprint density at radius 3 is 2.84 bits per heavy atom. The van der Waals surface area contributed by atoms with Gasteiger partial charge in [-0.2, -0.15) is 5.10 Å². The lowest BCUT2D eigenvalue weighted by molar-refractivity contribution is -0.143. The maximum absolute atomic E-state index is 12.4. The molecule has 2 aliphatic heterocycles. The standard InChI is InChI=1S/C19H23N3O3/c1-14-2-4-16(5-3-14)24-13-17(23)22-9-7-19(8-10-22)18-15(6-11-25-19)12-20-21-18/h2-5,12H,6-11,13H2,1H3,(H,20,21). The first-order chi connectivity index (χ1) is 12.2. The van der Waals surface area contributed by atoms with Crippen molar-refractivity contribution >= 4 is 5.91 Å². The number of amides is 1. The van der Waals surface area contributed by atoms with Gasteiger partial charge in [0.1, 0.15) is 11.4 Å². The predicted molar refractivity (Wildman–Crippen MR) is 92.4 cm³/mol. The highest BCUT2D eigenvalue weighted by atomic mass is 16.5. The molecule has 0 unspecified atom stereocenters. The minimum atomic E-state index is -0.307. The molecule has 25 heavy (non-hydrogen) atoms. The Hall–Kier alpha value is -2.34.